The smallest absolute Gasteiger partial charge is 0.364 e. The van der Waals surface area contributed by atoms with Crippen molar-refractivity contribution >= 4 is 17.5 Å². The number of ketones is 1. The molecule has 0 heterocycles. The molecule has 0 unspecified atom stereocenters. The van der Waals surface area contributed by atoms with E-state index in [4.69, 9.17) is 5.21 Å². The molecule has 0 spiro atoms. The molecule has 84 valence electrons. The second-order valence-electron chi connectivity index (χ2n) is 2.86. The molecule has 0 saturated carbocycles. The number of hydrogen-bond donors (Lipinski definition) is 1. The number of ether oxygens (including phenoxy) is 1. The summed E-state index contributed by atoms with van der Waals surface area (Å²) in [5.74, 6) is -1.60. The molecule has 5 heteroatoms. The van der Waals surface area contributed by atoms with Crippen LogP contribution in [0.3, 0.4) is 0 Å². The number of carbonyl (C=O) groups is 2. The number of esters is 1. The first-order chi connectivity index (χ1) is 7.70. The molecule has 0 atom stereocenters. The van der Waals surface area contributed by atoms with Crippen molar-refractivity contribution in [3.05, 3.63) is 35.9 Å². The first-order valence-electron chi connectivity index (χ1n) is 4.69. The maximum absolute atomic E-state index is 11.7. The zero-order chi connectivity index (χ0) is 12.0. The Bertz CT molecular complexity index is 411. The minimum absolute atomic E-state index is 0.111. The maximum atomic E-state index is 11.7. The summed E-state index contributed by atoms with van der Waals surface area (Å²) in [6.45, 7) is 1.71. The van der Waals surface area contributed by atoms with E-state index in [0.717, 1.165) is 0 Å². The fraction of sp³-hybridized carbons (Fsp3) is 0.182. The van der Waals surface area contributed by atoms with Crippen molar-refractivity contribution < 1.29 is 19.5 Å². The lowest BCUT2D eigenvalue weighted by molar-refractivity contribution is -0.135. The Morgan fingerprint density at radius 3 is 2.44 bits per heavy atom. The average molecular weight is 221 g/mol. The second kappa shape index (κ2) is 5.65. The van der Waals surface area contributed by atoms with Gasteiger partial charge in [0.1, 0.15) is 0 Å². The van der Waals surface area contributed by atoms with Crippen LogP contribution in [0, 0.1) is 0 Å². The number of oxime groups is 1. The van der Waals surface area contributed by atoms with Gasteiger partial charge >= 0.3 is 5.97 Å². The third-order valence-corrected chi connectivity index (χ3v) is 1.82. The summed E-state index contributed by atoms with van der Waals surface area (Å²) in [5.41, 5.74) is -0.351. The van der Waals surface area contributed by atoms with Crippen molar-refractivity contribution in [2.45, 2.75) is 6.92 Å². The summed E-state index contributed by atoms with van der Waals surface area (Å²) in [5, 5.41) is 11.3. The molecule has 0 aliphatic carbocycles. The number of benzene rings is 1. The van der Waals surface area contributed by atoms with Crippen molar-refractivity contribution in [2.75, 3.05) is 6.61 Å². The van der Waals surface area contributed by atoms with Crippen LogP contribution in [0.5, 0.6) is 0 Å². The number of hydrogen-bond acceptors (Lipinski definition) is 5. The quantitative estimate of drug-likeness (QED) is 0.207. The van der Waals surface area contributed by atoms with E-state index in [1.165, 1.54) is 12.1 Å². The van der Waals surface area contributed by atoms with Crippen LogP contribution in [-0.2, 0) is 9.53 Å². The van der Waals surface area contributed by atoms with Crippen LogP contribution in [-0.4, -0.2) is 29.3 Å². The molecule has 0 radical (unpaired) electrons. The lowest BCUT2D eigenvalue weighted by Crippen LogP contribution is -2.26. The Hall–Kier alpha value is -2.17. The summed E-state index contributed by atoms with van der Waals surface area (Å²) in [6.07, 6.45) is 0. The Morgan fingerprint density at radius 1 is 1.31 bits per heavy atom. The fourth-order valence-corrected chi connectivity index (χ4v) is 1.10. The summed E-state index contributed by atoms with van der Waals surface area (Å²) in [7, 11) is 0. The highest BCUT2D eigenvalue weighted by Crippen LogP contribution is 2.02. The molecule has 0 amide bonds. The summed E-state index contributed by atoms with van der Waals surface area (Å²) in [4.78, 5) is 23.0. The molecule has 1 N–H and O–H groups in total. The van der Waals surface area contributed by atoms with E-state index in [0.29, 0.717) is 0 Å². The molecule has 0 bridgehead atoms. The van der Waals surface area contributed by atoms with Crippen LogP contribution in [0.1, 0.15) is 17.3 Å². The van der Waals surface area contributed by atoms with Gasteiger partial charge in [0.2, 0.25) is 11.5 Å². The molecule has 1 aromatic carbocycles. The second-order valence-corrected chi connectivity index (χ2v) is 2.86. The molecule has 0 aromatic heterocycles. The molecule has 0 aliphatic heterocycles. The molecule has 1 aromatic rings. The average Bonchev–Trinajstić information content (AvgIpc) is 2.31. The molecule has 16 heavy (non-hydrogen) atoms. The van der Waals surface area contributed by atoms with Crippen LogP contribution < -0.4 is 0 Å². The van der Waals surface area contributed by atoms with Gasteiger partial charge in [-0.25, -0.2) is 4.79 Å². The zero-order valence-corrected chi connectivity index (χ0v) is 8.71. The minimum Gasteiger partial charge on any atom is -0.461 e. The lowest BCUT2D eigenvalue weighted by Gasteiger charge is -2.02. The Morgan fingerprint density at radius 2 is 1.94 bits per heavy atom. The normalized spacial score (nSPS) is 10.9. The summed E-state index contributed by atoms with van der Waals surface area (Å²) in [6, 6.07) is 8.07. The van der Waals surface area contributed by atoms with Crippen LogP contribution >= 0.6 is 0 Å². The van der Waals surface area contributed by atoms with E-state index in [-0.39, 0.29) is 12.2 Å². The van der Waals surface area contributed by atoms with E-state index in [9.17, 15) is 9.59 Å². The molecular weight excluding hydrogens is 210 g/mol. The monoisotopic (exact) mass is 221 g/mol. The van der Waals surface area contributed by atoms with Gasteiger partial charge in [0, 0.05) is 5.56 Å². The minimum atomic E-state index is -0.932. The van der Waals surface area contributed by atoms with Crippen molar-refractivity contribution in [1.29, 1.82) is 0 Å². The Kier molecular flexibility index (Phi) is 4.20. The Labute approximate surface area is 92.3 Å². The van der Waals surface area contributed by atoms with Gasteiger partial charge in [0.25, 0.3) is 0 Å². The predicted molar refractivity (Wildman–Crippen MR) is 56.6 cm³/mol. The topological polar surface area (TPSA) is 76.0 Å². The van der Waals surface area contributed by atoms with Crippen LogP contribution in [0.4, 0.5) is 0 Å². The van der Waals surface area contributed by atoms with E-state index in [1.54, 1.807) is 25.1 Å². The summed E-state index contributed by atoms with van der Waals surface area (Å²) < 4.78 is 4.59. The molecule has 5 nitrogen and oxygen atoms in total. The van der Waals surface area contributed by atoms with Crippen LogP contribution in [0.2, 0.25) is 0 Å². The number of carbonyl (C=O) groups excluding carboxylic acids is 2. The highest BCUT2D eigenvalue weighted by Gasteiger charge is 2.23. The Balaban J connectivity index is 2.92. The van der Waals surface area contributed by atoms with Gasteiger partial charge in [-0.3, -0.25) is 4.79 Å². The predicted octanol–water partition coefficient (Wildman–Crippen LogP) is 1.26. The zero-order valence-electron chi connectivity index (χ0n) is 8.71. The van der Waals surface area contributed by atoms with Crippen molar-refractivity contribution in [3.8, 4) is 0 Å². The SMILES string of the molecule is CCOC(=O)C(=NO)C(=O)c1ccccc1. The van der Waals surface area contributed by atoms with Gasteiger partial charge in [-0.05, 0) is 6.92 Å². The third kappa shape index (κ3) is 2.66. The first-order valence-corrected chi connectivity index (χ1v) is 4.69. The highest BCUT2D eigenvalue weighted by atomic mass is 16.5. The van der Waals surface area contributed by atoms with Crippen LogP contribution in [0.25, 0.3) is 0 Å². The molecular formula is C11H11NO4. The van der Waals surface area contributed by atoms with Crippen LogP contribution in [0.15, 0.2) is 35.5 Å². The number of Topliss-reactive ketones (excluding diaryl/α,β-unsaturated/α-hetero) is 1. The van der Waals surface area contributed by atoms with Crippen molar-refractivity contribution in [1.82, 2.24) is 0 Å². The van der Waals surface area contributed by atoms with Gasteiger partial charge in [0.05, 0.1) is 6.61 Å². The molecule has 1 rings (SSSR count). The molecule has 0 fully saturated rings. The van der Waals surface area contributed by atoms with Crippen molar-refractivity contribution in [3.63, 3.8) is 0 Å². The van der Waals surface area contributed by atoms with E-state index in [2.05, 4.69) is 9.89 Å². The number of rotatable bonds is 4. The van der Waals surface area contributed by atoms with Crippen molar-refractivity contribution in [2.24, 2.45) is 5.16 Å². The standard InChI is InChI=1S/C11H11NO4/c1-2-16-11(14)9(12-15)10(13)8-6-4-3-5-7-8/h3-7,15H,2H2,1H3. The van der Waals surface area contributed by atoms with E-state index in [1.807, 2.05) is 0 Å². The van der Waals surface area contributed by atoms with E-state index < -0.39 is 17.5 Å². The van der Waals surface area contributed by atoms with E-state index >= 15 is 0 Å². The maximum Gasteiger partial charge on any atom is 0.364 e. The van der Waals surface area contributed by atoms with Gasteiger partial charge in [-0.15, -0.1) is 0 Å². The molecule has 0 aliphatic rings. The highest BCUT2D eigenvalue weighted by molar-refractivity contribution is 6.67. The third-order valence-electron chi connectivity index (χ3n) is 1.82. The fourth-order valence-electron chi connectivity index (χ4n) is 1.10. The van der Waals surface area contributed by atoms with Gasteiger partial charge in [-0.1, -0.05) is 35.5 Å². The lowest BCUT2D eigenvalue weighted by atomic mass is 10.1. The summed E-state index contributed by atoms with van der Waals surface area (Å²) >= 11 is 0. The van der Waals surface area contributed by atoms with Gasteiger partial charge in [0.15, 0.2) is 0 Å². The van der Waals surface area contributed by atoms with Gasteiger partial charge < -0.3 is 9.94 Å². The van der Waals surface area contributed by atoms with Gasteiger partial charge in [-0.2, -0.15) is 0 Å². The molecule has 0 saturated heterocycles. The number of nitrogens with zero attached hydrogens (tertiary/aromatic N) is 1. The largest absolute Gasteiger partial charge is 0.461 e. The first kappa shape index (κ1) is 11.9.